The number of rotatable bonds is 5. The van der Waals surface area contributed by atoms with E-state index in [1.165, 1.54) is 0 Å². The SMILES string of the molecule is COc1ccc([C@H]2C[C@@H](c3ccc(OC)c(OC)c3)n3nc(N)nc3N2)cc1. The Hall–Kier alpha value is -3.42. The molecule has 1 aliphatic rings. The van der Waals surface area contributed by atoms with Crippen molar-refractivity contribution in [1.82, 2.24) is 14.8 Å². The highest BCUT2D eigenvalue weighted by Gasteiger charge is 2.31. The third-order valence-electron chi connectivity index (χ3n) is 5.02. The van der Waals surface area contributed by atoms with Gasteiger partial charge in [0.05, 0.1) is 33.4 Å². The van der Waals surface area contributed by atoms with Gasteiger partial charge in [0.1, 0.15) is 5.75 Å². The second-order valence-electron chi connectivity index (χ2n) is 6.57. The van der Waals surface area contributed by atoms with Crippen LogP contribution in [-0.2, 0) is 0 Å². The molecule has 0 saturated carbocycles. The zero-order valence-electron chi connectivity index (χ0n) is 16.0. The summed E-state index contributed by atoms with van der Waals surface area (Å²) in [7, 11) is 4.91. The average molecular weight is 381 g/mol. The number of methoxy groups -OCH3 is 3. The lowest BCUT2D eigenvalue weighted by molar-refractivity contribution is 0.352. The Kier molecular flexibility index (Phi) is 4.68. The largest absolute Gasteiger partial charge is 0.497 e. The normalized spacial score (nSPS) is 18.1. The fraction of sp³-hybridized carbons (Fsp3) is 0.300. The Balaban J connectivity index is 1.73. The van der Waals surface area contributed by atoms with Gasteiger partial charge in [0.25, 0.3) is 0 Å². The number of ether oxygens (including phenoxy) is 3. The van der Waals surface area contributed by atoms with E-state index in [2.05, 4.69) is 27.5 Å². The summed E-state index contributed by atoms with van der Waals surface area (Å²) in [5, 5.41) is 7.83. The third-order valence-corrected chi connectivity index (χ3v) is 5.02. The van der Waals surface area contributed by atoms with Crippen molar-refractivity contribution >= 4 is 11.9 Å². The van der Waals surface area contributed by atoms with Gasteiger partial charge in [-0.05, 0) is 41.8 Å². The molecule has 0 unspecified atom stereocenters. The van der Waals surface area contributed by atoms with Crippen LogP contribution in [-0.4, -0.2) is 36.1 Å². The van der Waals surface area contributed by atoms with Crippen LogP contribution in [0, 0.1) is 0 Å². The van der Waals surface area contributed by atoms with Crippen molar-refractivity contribution in [2.45, 2.75) is 18.5 Å². The van der Waals surface area contributed by atoms with E-state index in [9.17, 15) is 0 Å². The minimum Gasteiger partial charge on any atom is -0.497 e. The van der Waals surface area contributed by atoms with Crippen molar-refractivity contribution in [2.24, 2.45) is 0 Å². The smallest absolute Gasteiger partial charge is 0.241 e. The summed E-state index contributed by atoms with van der Waals surface area (Å²) in [6.07, 6.45) is 0.775. The molecule has 2 aromatic carbocycles. The van der Waals surface area contributed by atoms with E-state index in [-0.39, 0.29) is 18.0 Å². The molecule has 0 saturated heterocycles. The Labute approximate surface area is 163 Å². The minimum absolute atomic E-state index is 0.0482. The van der Waals surface area contributed by atoms with Crippen LogP contribution in [0.25, 0.3) is 0 Å². The average Bonchev–Trinajstić information content (AvgIpc) is 3.12. The topological polar surface area (TPSA) is 96.5 Å². The van der Waals surface area contributed by atoms with Crippen LogP contribution in [0.2, 0.25) is 0 Å². The lowest BCUT2D eigenvalue weighted by Gasteiger charge is -2.32. The van der Waals surface area contributed by atoms with E-state index in [0.717, 1.165) is 23.3 Å². The maximum absolute atomic E-state index is 5.88. The van der Waals surface area contributed by atoms with Crippen LogP contribution in [0.1, 0.15) is 29.6 Å². The summed E-state index contributed by atoms with van der Waals surface area (Å²) < 4.78 is 17.9. The second-order valence-corrected chi connectivity index (χ2v) is 6.57. The van der Waals surface area contributed by atoms with Crippen molar-refractivity contribution in [3.8, 4) is 17.2 Å². The van der Waals surface area contributed by atoms with Gasteiger partial charge in [-0.2, -0.15) is 4.98 Å². The summed E-state index contributed by atoms with van der Waals surface area (Å²) >= 11 is 0. The van der Waals surface area contributed by atoms with E-state index in [4.69, 9.17) is 19.9 Å². The Morgan fingerprint density at radius 3 is 2.36 bits per heavy atom. The number of nitrogen functional groups attached to an aromatic ring is 1. The Morgan fingerprint density at radius 2 is 1.68 bits per heavy atom. The molecule has 1 aliphatic heterocycles. The monoisotopic (exact) mass is 381 g/mol. The number of hydrogen-bond donors (Lipinski definition) is 2. The van der Waals surface area contributed by atoms with Gasteiger partial charge in [-0.1, -0.05) is 18.2 Å². The predicted octanol–water partition coefficient (Wildman–Crippen LogP) is 3.03. The maximum atomic E-state index is 5.88. The zero-order valence-corrected chi connectivity index (χ0v) is 16.0. The molecular formula is C20H23N5O3. The molecule has 4 rings (SSSR count). The van der Waals surface area contributed by atoms with Crippen molar-refractivity contribution < 1.29 is 14.2 Å². The first-order chi connectivity index (χ1) is 13.6. The highest BCUT2D eigenvalue weighted by molar-refractivity contribution is 5.47. The number of nitrogens with one attached hydrogen (secondary N) is 1. The molecule has 8 heteroatoms. The molecule has 0 amide bonds. The molecule has 0 fully saturated rings. The number of nitrogens with two attached hydrogens (primary N) is 1. The molecular weight excluding hydrogens is 358 g/mol. The number of nitrogens with zero attached hydrogens (tertiary/aromatic N) is 3. The maximum Gasteiger partial charge on any atom is 0.241 e. The Morgan fingerprint density at radius 1 is 0.964 bits per heavy atom. The quantitative estimate of drug-likeness (QED) is 0.701. The van der Waals surface area contributed by atoms with Gasteiger partial charge in [0, 0.05) is 0 Å². The fourth-order valence-corrected chi connectivity index (χ4v) is 3.59. The molecule has 0 spiro atoms. The van der Waals surface area contributed by atoms with Gasteiger partial charge < -0.3 is 25.3 Å². The van der Waals surface area contributed by atoms with Crippen molar-refractivity contribution in [2.75, 3.05) is 32.4 Å². The molecule has 0 aliphatic carbocycles. The molecule has 3 N–H and O–H groups in total. The summed E-state index contributed by atoms with van der Waals surface area (Å²) in [6, 6.07) is 13.9. The highest BCUT2D eigenvalue weighted by Crippen LogP contribution is 2.40. The predicted molar refractivity (Wildman–Crippen MR) is 106 cm³/mol. The van der Waals surface area contributed by atoms with Gasteiger partial charge >= 0.3 is 0 Å². The molecule has 0 radical (unpaired) electrons. The molecule has 1 aromatic heterocycles. The molecule has 0 bridgehead atoms. The van der Waals surface area contributed by atoms with Crippen LogP contribution in [0.15, 0.2) is 42.5 Å². The number of fused-ring (bicyclic) bond motifs is 1. The number of hydrogen-bond acceptors (Lipinski definition) is 7. The molecule has 8 nitrogen and oxygen atoms in total. The van der Waals surface area contributed by atoms with Gasteiger partial charge in [0.15, 0.2) is 11.5 Å². The van der Waals surface area contributed by atoms with E-state index >= 15 is 0 Å². The zero-order chi connectivity index (χ0) is 19.7. The molecule has 3 aromatic rings. The number of anilines is 2. The van der Waals surface area contributed by atoms with Crippen molar-refractivity contribution in [3.63, 3.8) is 0 Å². The minimum atomic E-state index is -0.0482. The van der Waals surface area contributed by atoms with E-state index in [0.29, 0.717) is 17.4 Å². The van der Waals surface area contributed by atoms with Crippen molar-refractivity contribution in [1.29, 1.82) is 0 Å². The fourth-order valence-electron chi connectivity index (χ4n) is 3.59. The van der Waals surface area contributed by atoms with Gasteiger partial charge in [-0.15, -0.1) is 5.10 Å². The Bertz CT molecular complexity index is 970. The molecule has 2 atom stereocenters. The van der Waals surface area contributed by atoms with Crippen molar-refractivity contribution in [3.05, 3.63) is 53.6 Å². The summed E-state index contributed by atoms with van der Waals surface area (Å²) in [5.41, 5.74) is 8.06. The summed E-state index contributed by atoms with van der Waals surface area (Å²) in [5.74, 6) is 3.07. The van der Waals surface area contributed by atoms with Crippen LogP contribution in [0.3, 0.4) is 0 Å². The van der Waals surface area contributed by atoms with Crippen LogP contribution >= 0.6 is 0 Å². The number of aromatic nitrogens is 3. The second kappa shape index (κ2) is 7.30. The van der Waals surface area contributed by atoms with E-state index in [1.54, 1.807) is 21.3 Å². The van der Waals surface area contributed by atoms with Gasteiger partial charge in [-0.25, -0.2) is 4.68 Å². The number of benzene rings is 2. The molecule has 28 heavy (non-hydrogen) atoms. The first kappa shape index (κ1) is 18.0. The summed E-state index contributed by atoms with van der Waals surface area (Å²) in [6.45, 7) is 0. The van der Waals surface area contributed by atoms with Gasteiger partial charge in [0.2, 0.25) is 11.9 Å². The third kappa shape index (κ3) is 3.17. The van der Waals surface area contributed by atoms with Gasteiger partial charge in [-0.3, -0.25) is 0 Å². The first-order valence-electron chi connectivity index (χ1n) is 8.97. The van der Waals surface area contributed by atoms with Crippen LogP contribution in [0.4, 0.5) is 11.9 Å². The van der Waals surface area contributed by atoms with E-state index < -0.39 is 0 Å². The highest BCUT2D eigenvalue weighted by atomic mass is 16.5. The molecule has 146 valence electrons. The first-order valence-corrected chi connectivity index (χ1v) is 8.97. The van der Waals surface area contributed by atoms with Crippen LogP contribution in [0.5, 0.6) is 17.2 Å². The van der Waals surface area contributed by atoms with E-state index in [1.807, 2.05) is 35.0 Å². The standard InChI is InChI=1S/C20H23N5O3/c1-26-14-7-4-12(5-8-14)15-11-16(25-20(22-15)23-19(21)24-25)13-6-9-17(27-2)18(10-13)28-3/h4-10,15-16H,11H2,1-3H3,(H3,21,22,23,24)/t15-,16+/m1/s1. The van der Waals surface area contributed by atoms with Crippen LogP contribution < -0.4 is 25.3 Å². The lowest BCUT2D eigenvalue weighted by atomic mass is 9.93. The summed E-state index contributed by atoms with van der Waals surface area (Å²) in [4.78, 5) is 4.35. The molecule has 2 heterocycles. The lowest BCUT2D eigenvalue weighted by Crippen LogP contribution is -2.28.